The van der Waals surface area contributed by atoms with E-state index in [9.17, 15) is 19.7 Å². The molecule has 2 rings (SSSR count). The number of halogens is 1. The lowest BCUT2D eigenvalue weighted by Gasteiger charge is -2.28. The third-order valence-electron chi connectivity index (χ3n) is 4.69. The van der Waals surface area contributed by atoms with Crippen LogP contribution in [0.2, 0.25) is 5.02 Å². The first-order chi connectivity index (χ1) is 15.3. The van der Waals surface area contributed by atoms with Gasteiger partial charge in [0.15, 0.2) is 6.61 Å². The fourth-order valence-electron chi connectivity index (χ4n) is 2.89. The summed E-state index contributed by atoms with van der Waals surface area (Å²) < 4.78 is 10.6. The van der Waals surface area contributed by atoms with Crippen molar-refractivity contribution in [3.05, 3.63) is 63.2 Å². The highest BCUT2D eigenvalue weighted by Gasteiger charge is 2.26. The number of carbonyl (C=O) groups excluding carboxylic acids is 2. The molecule has 0 fully saturated rings. The summed E-state index contributed by atoms with van der Waals surface area (Å²) in [6.07, 6.45) is 0.772. The molecule has 32 heavy (non-hydrogen) atoms. The Hall–Kier alpha value is -3.33. The summed E-state index contributed by atoms with van der Waals surface area (Å²) in [6, 6.07) is 10.2. The molecule has 0 saturated heterocycles. The van der Waals surface area contributed by atoms with E-state index >= 15 is 0 Å². The van der Waals surface area contributed by atoms with Crippen molar-refractivity contribution in [2.24, 2.45) is 0 Å². The molecule has 0 unspecified atom stereocenters. The summed E-state index contributed by atoms with van der Waals surface area (Å²) >= 11 is 5.94. The molecule has 0 saturated carbocycles. The van der Waals surface area contributed by atoms with Crippen LogP contribution in [0.5, 0.6) is 11.5 Å². The van der Waals surface area contributed by atoms with E-state index in [2.05, 4.69) is 5.32 Å². The van der Waals surface area contributed by atoms with Crippen LogP contribution in [-0.4, -0.2) is 47.9 Å². The number of rotatable bonds is 11. The molecule has 10 heteroatoms. The molecule has 0 bridgehead atoms. The van der Waals surface area contributed by atoms with Crippen LogP contribution < -0.4 is 14.8 Å². The smallest absolute Gasteiger partial charge is 0.311 e. The van der Waals surface area contributed by atoms with Gasteiger partial charge in [0.05, 0.1) is 12.0 Å². The van der Waals surface area contributed by atoms with E-state index in [0.29, 0.717) is 11.6 Å². The fraction of sp³-hybridized carbons (Fsp3) is 0.364. The van der Waals surface area contributed by atoms with Gasteiger partial charge in [-0.05, 0) is 37.1 Å². The number of nitrogens with zero attached hydrogens (tertiary/aromatic N) is 2. The first-order valence-corrected chi connectivity index (χ1v) is 10.4. The third-order valence-corrected chi connectivity index (χ3v) is 4.94. The minimum absolute atomic E-state index is 0.0188. The number of amides is 2. The average molecular weight is 464 g/mol. The van der Waals surface area contributed by atoms with Crippen LogP contribution in [0.15, 0.2) is 42.5 Å². The van der Waals surface area contributed by atoms with Crippen LogP contribution in [0.1, 0.15) is 25.8 Å². The maximum atomic E-state index is 13.0. The number of carbonyl (C=O) groups is 2. The summed E-state index contributed by atoms with van der Waals surface area (Å²) in [4.78, 5) is 37.4. The molecule has 0 heterocycles. The summed E-state index contributed by atoms with van der Waals surface area (Å²) in [6.45, 7) is 3.91. The van der Waals surface area contributed by atoms with Gasteiger partial charge in [-0.2, -0.15) is 0 Å². The van der Waals surface area contributed by atoms with E-state index in [1.807, 2.05) is 6.92 Å². The van der Waals surface area contributed by atoms with Crippen molar-refractivity contribution >= 4 is 29.1 Å². The van der Waals surface area contributed by atoms with Gasteiger partial charge in [0.1, 0.15) is 11.8 Å². The number of nitro benzene ring substituents is 1. The topological polar surface area (TPSA) is 111 Å². The fourth-order valence-corrected chi connectivity index (χ4v) is 3.02. The van der Waals surface area contributed by atoms with Crippen molar-refractivity contribution in [1.29, 1.82) is 0 Å². The summed E-state index contributed by atoms with van der Waals surface area (Å²) in [5.41, 5.74) is 0.589. The molecule has 0 aromatic heterocycles. The SMILES string of the molecule is CCCNC(=O)[C@@H](C)N(Cc1ccc(Cl)cc1)C(=O)COc1ccc([N+](=O)[O-])c(OC)c1. The molecule has 2 aromatic rings. The van der Waals surface area contributed by atoms with Gasteiger partial charge in [-0.3, -0.25) is 19.7 Å². The minimum atomic E-state index is -0.736. The standard InChI is InChI=1S/C22H26ClN3O6/c1-4-11-24-22(28)15(2)25(13-16-5-7-17(23)8-6-16)21(27)14-32-18-9-10-19(26(29)30)20(12-18)31-3/h5-10,12,15H,4,11,13-14H2,1-3H3,(H,24,28)/t15-/m1/s1. The van der Waals surface area contributed by atoms with Crippen molar-refractivity contribution in [1.82, 2.24) is 10.2 Å². The van der Waals surface area contributed by atoms with Crippen LogP contribution in [0, 0.1) is 10.1 Å². The Morgan fingerprint density at radius 3 is 2.50 bits per heavy atom. The van der Waals surface area contributed by atoms with Gasteiger partial charge in [-0.15, -0.1) is 0 Å². The zero-order valence-corrected chi connectivity index (χ0v) is 18.9. The molecule has 2 amide bonds. The molecule has 0 radical (unpaired) electrons. The number of nitro groups is 1. The Labute approximate surface area is 191 Å². The number of methoxy groups -OCH3 is 1. The van der Waals surface area contributed by atoms with Crippen LogP contribution in [0.3, 0.4) is 0 Å². The van der Waals surface area contributed by atoms with E-state index in [1.165, 1.54) is 30.2 Å². The van der Waals surface area contributed by atoms with Gasteiger partial charge in [0, 0.05) is 30.2 Å². The molecular weight excluding hydrogens is 438 g/mol. The summed E-state index contributed by atoms with van der Waals surface area (Å²) in [7, 11) is 1.31. The molecule has 172 valence electrons. The van der Waals surface area contributed by atoms with Crippen molar-refractivity contribution in [3.8, 4) is 11.5 Å². The van der Waals surface area contributed by atoms with Crippen LogP contribution >= 0.6 is 11.6 Å². The lowest BCUT2D eigenvalue weighted by atomic mass is 10.1. The van der Waals surface area contributed by atoms with E-state index in [0.717, 1.165) is 12.0 Å². The van der Waals surface area contributed by atoms with Gasteiger partial charge >= 0.3 is 5.69 Å². The molecule has 2 aromatic carbocycles. The molecule has 1 N–H and O–H groups in total. The minimum Gasteiger partial charge on any atom is -0.490 e. The Morgan fingerprint density at radius 1 is 1.22 bits per heavy atom. The first-order valence-electron chi connectivity index (χ1n) is 10.0. The normalized spacial score (nSPS) is 11.4. The maximum Gasteiger partial charge on any atom is 0.311 e. The molecule has 0 aliphatic heterocycles. The van der Waals surface area contributed by atoms with Crippen molar-refractivity contribution < 1.29 is 24.0 Å². The second-order valence-corrected chi connectivity index (χ2v) is 7.43. The summed E-state index contributed by atoms with van der Waals surface area (Å²) in [5, 5.41) is 14.4. The van der Waals surface area contributed by atoms with Gasteiger partial charge in [-0.1, -0.05) is 30.7 Å². The second kappa shape index (κ2) is 11.9. The van der Waals surface area contributed by atoms with Crippen molar-refractivity contribution in [2.45, 2.75) is 32.9 Å². The molecule has 9 nitrogen and oxygen atoms in total. The predicted molar refractivity (Wildman–Crippen MR) is 120 cm³/mol. The van der Waals surface area contributed by atoms with Gasteiger partial charge in [0.25, 0.3) is 5.91 Å². The van der Waals surface area contributed by atoms with Crippen LogP contribution in [0.4, 0.5) is 5.69 Å². The zero-order chi connectivity index (χ0) is 23.7. The largest absolute Gasteiger partial charge is 0.490 e. The van der Waals surface area contributed by atoms with Crippen LogP contribution in [0.25, 0.3) is 0 Å². The molecule has 0 spiro atoms. The third kappa shape index (κ3) is 6.84. The second-order valence-electron chi connectivity index (χ2n) is 6.99. The Morgan fingerprint density at radius 2 is 1.91 bits per heavy atom. The molecule has 1 atom stereocenters. The van der Waals surface area contributed by atoms with Crippen molar-refractivity contribution in [3.63, 3.8) is 0 Å². The van der Waals surface area contributed by atoms with E-state index < -0.39 is 16.9 Å². The highest BCUT2D eigenvalue weighted by atomic mass is 35.5. The quantitative estimate of drug-likeness (QED) is 0.402. The predicted octanol–water partition coefficient (Wildman–Crippen LogP) is 3.58. The monoisotopic (exact) mass is 463 g/mol. The number of benzene rings is 2. The van der Waals surface area contributed by atoms with Crippen molar-refractivity contribution in [2.75, 3.05) is 20.3 Å². The number of nitrogens with one attached hydrogen (secondary N) is 1. The maximum absolute atomic E-state index is 13.0. The molecular formula is C22H26ClN3O6. The highest BCUT2D eigenvalue weighted by molar-refractivity contribution is 6.30. The Kier molecular flexibility index (Phi) is 9.27. The Balaban J connectivity index is 2.16. The number of ether oxygens (including phenoxy) is 2. The van der Waals surface area contributed by atoms with Gasteiger partial charge in [-0.25, -0.2) is 0 Å². The summed E-state index contributed by atoms with van der Waals surface area (Å²) in [5.74, 6) is -0.441. The number of hydrogen-bond donors (Lipinski definition) is 1. The zero-order valence-electron chi connectivity index (χ0n) is 18.2. The molecule has 0 aliphatic carbocycles. The highest BCUT2D eigenvalue weighted by Crippen LogP contribution is 2.30. The Bertz CT molecular complexity index is 951. The lowest BCUT2D eigenvalue weighted by Crippen LogP contribution is -2.49. The molecule has 0 aliphatic rings. The van der Waals surface area contributed by atoms with Gasteiger partial charge in [0.2, 0.25) is 11.7 Å². The van der Waals surface area contributed by atoms with Gasteiger partial charge < -0.3 is 19.7 Å². The average Bonchev–Trinajstić information content (AvgIpc) is 2.79. The first kappa shape index (κ1) is 24.9. The van der Waals surface area contributed by atoms with Crippen LogP contribution in [-0.2, 0) is 16.1 Å². The van der Waals surface area contributed by atoms with E-state index in [-0.39, 0.29) is 36.2 Å². The lowest BCUT2D eigenvalue weighted by molar-refractivity contribution is -0.385. The van der Waals surface area contributed by atoms with E-state index in [4.69, 9.17) is 21.1 Å². The van der Waals surface area contributed by atoms with E-state index in [1.54, 1.807) is 31.2 Å². The number of hydrogen-bond acceptors (Lipinski definition) is 6.